The van der Waals surface area contributed by atoms with E-state index in [1.54, 1.807) is 0 Å². The lowest BCUT2D eigenvalue weighted by molar-refractivity contribution is -0.143. The highest BCUT2D eigenvalue weighted by atomic mass is 16.7. The number of hydrogen-bond acceptors (Lipinski definition) is 4. The van der Waals surface area contributed by atoms with Gasteiger partial charge >= 0.3 is 0 Å². The van der Waals surface area contributed by atoms with E-state index in [4.69, 9.17) is 19.9 Å². The number of rotatable bonds is 2. The van der Waals surface area contributed by atoms with Crippen molar-refractivity contribution in [1.29, 1.82) is 0 Å². The van der Waals surface area contributed by atoms with Crippen LogP contribution < -0.4 is 5.73 Å². The number of ether oxygens (including phenoxy) is 3. The fourth-order valence-corrected chi connectivity index (χ4v) is 1.82. The molecule has 2 aliphatic heterocycles. The molecule has 13 heavy (non-hydrogen) atoms. The minimum Gasteiger partial charge on any atom is -0.370 e. The zero-order valence-electron chi connectivity index (χ0n) is 7.94. The van der Waals surface area contributed by atoms with E-state index in [1.807, 2.05) is 0 Å². The van der Waals surface area contributed by atoms with Gasteiger partial charge in [-0.3, -0.25) is 0 Å². The molecule has 2 N–H and O–H groups in total. The topological polar surface area (TPSA) is 53.7 Å². The van der Waals surface area contributed by atoms with Crippen LogP contribution in [0.2, 0.25) is 0 Å². The van der Waals surface area contributed by atoms with Crippen molar-refractivity contribution in [1.82, 2.24) is 0 Å². The Labute approximate surface area is 78.3 Å². The van der Waals surface area contributed by atoms with E-state index in [1.165, 1.54) is 0 Å². The fraction of sp³-hybridized carbons (Fsp3) is 1.00. The third-order valence-corrected chi connectivity index (χ3v) is 2.60. The second kappa shape index (κ2) is 3.92. The molecule has 0 aromatic carbocycles. The third-order valence-electron chi connectivity index (χ3n) is 2.60. The summed E-state index contributed by atoms with van der Waals surface area (Å²) >= 11 is 0. The van der Waals surface area contributed by atoms with Gasteiger partial charge in [-0.05, 0) is 19.8 Å². The Bertz CT molecular complexity index is 176. The van der Waals surface area contributed by atoms with E-state index in [2.05, 4.69) is 6.92 Å². The summed E-state index contributed by atoms with van der Waals surface area (Å²) < 4.78 is 16.7. The van der Waals surface area contributed by atoms with Crippen molar-refractivity contribution in [2.75, 3.05) is 13.2 Å². The van der Waals surface area contributed by atoms with Gasteiger partial charge < -0.3 is 19.9 Å². The minimum atomic E-state index is -0.182. The van der Waals surface area contributed by atoms with Crippen molar-refractivity contribution >= 4 is 0 Å². The Morgan fingerprint density at radius 3 is 2.69 bits per heavy atom. The monoisotopic (exact) mass is 187 g/mol. The molecule has 4 unspecified atom stereocenters. The molecule has 2 fully saturated rings. The highest BCUT2D eigenvalue weighted by Gasteiger charge is 2.36. The summed E-state index contributed by atoms with van der Waals surface area (Å²) in [6, 6.07) is 0. The molecule has 4 atom stereocenters. The van der Waals surface area contributed by atoms with Crippen LogP contribution in [-0.2, 0) is 14.2 Å². The summed E-state index contributed by atoms with van der Waals surface area (Å²) in [6.07, 6.45) is 2.47. The molecule has 4 heteroatoms. The highest BCUT2D eigenvalue weighted by molar-refractivity contribution is 4.78. The van der Waals surface area contributed by atoms with Crippen molar-refractivity contribution in [3.8, 4) is 0 Å². The lowest BCUT2D eigenvalue weighted by atomic mass is 10.2. The molecule has 2 rings (SSSR count). The zero-order valence-corrected chi connectivity index (χ0v) is 7.94. The van der Waals surface area contributed by atoms with Gasteiger partial charge in [-0.1, -0.05) is 0 Å². The average Bonchev–Trinajstić information content (AvgIpc) is 2.71. The Morgan fingerprint density at radius 1 is 1.31 bits per heavy atom. The van der Waals surface area contributed by atoms with Gasteiger partial charge in [0.15, 0.2) is 6.29 Å². The zero-order chi connectivity index (χ0) is 9.26. The maximum Gasteiger partial charge on any atom is 0.184 e. The van der Waals surface area contributed by atoms with Gasteiger partial charge in [0.2, 0.25) is 0 Å². The van der Waals surface area contributed by atoms with E-state index in [0.717, 1.165) is 12.8 Å². The summed E-state index contributed by atoms with van der Waals surface area (Å²) in [4.78, 5) is 0. The molecule has 0 amide bonds. The van der Waals surface area contributed by atoms with Crippen LogP contribution in [0.3, 0.4) is 0 Å². The Hall–Kier alpha value is -0.160. The normalized spacial score (nSPS) is 45.7. The largest absolute Gasteiger partial charge is 0.370 e. The van der Waals surface area contributed by atoms with Crippen LogP contribution in [0.25, 0.3) is 0 Å². The predicted molar refractivity (Wildman–Crippen MR) is 47.2 cm³/mol. The number of hydrogen-bond donors (Lipinski definition) is 1. The van der Waals surface area contributed by atoms with Crippen LogP contribution in [0.1, 0.15) is 19.8 Å². The first-order valence-electron chi connectivity index (χ1n) is 4.92. The van der Waals surface area contributed by atoms with Crippen LogP contribution in [0.15, 0.2) is 0 Å². The Morgan fingerprint density at radius 2 is 2.15 bits per heavy atom. The van der Waals surface area contributed by atoms with Crippen LogP contribution in [-0.4, -0.2) is 37.8 Å². The molecule has 0 aromatic rings. The van der Waals surface area contributed by atoms with E-state index in [9.17, 15) is 0 Å². The molecule has 0 bridgehead atoms. The SMILES string of the molecule is CC1CCC(C2OCC(CN)O2)O1. The van der Waals surface area contributed by atoms with Gasteiger partial charge in [-0.25, -0.2) is 0 Å². The van der Waals surface area contributed by atoms with Gasteiger partial charge in [-0.15, -0.1) is 0 Å². The van der Waals surface area contributed by atoms with Crippen LogP contribution in [0.5, 0.6) is 0 Å². The molecular formula is C9H17NO3. The first kappa shape index (κ1) is 9.40. The van der Waals surface area contributed by atoms with Gasteiger partial charge in [0.1, 0.15) is 6.10 Å². The summed E-state index contributed by atoms with van der Waals surface area (Å²) in [6.45, 7) is 3.21. The van der Waals surface area contributed by atoms with Crippen molar-refractivity contribution in [3.05, 3.63) is 0 Å². The molecule has 76 valence electrons. The van der Waals surface area contributed by atoms with Gasteiger partial charge in [0.25, 0.3) is 0 Å². The Balaban J connectivity index is 1.82. The van der Waals surface area contributed by atoms with Crippen LogP contribution >= 0.6 is 0 Å². The van der Waals surface area contributed by atoms with E-state index >= 15 is 0 Å². The summed E-state index contributed by atoms with van der Waals surface area (Å²) in [7, 11) is 0. The molecule has 0 aliphatic carbocycles. The average molecular weight is 187 g/mol. The fourth-order valence-electron chi connectivity index (χ4n) is 1.82. The maximum absolute atomic E-state index is 5.65. The molecule has 4 nitrogen and oxygen atoms in total. The third kappa shape index (κ3) is 2.02. The standard InChI is InChI=1S/C9H17NO3/c1-6-2-3-8(12-6)9-11-5-7(4-10)13-9/h6-9H,2-5,10H2,1H3. The van der Waals surface area contributed by atoms with Gasteiger partial charge in [0, 0.05) is 6.54 Å². The van der Waals surface area contributed by atoms with E-state index < -0.39 is 0 Å². The second-order valence-corrected chi connectivity index (χ2v) is 3.76. The lowest BCUT2D eigenvalue weighted by Gasteiger charge is -2.17. The van der Waals surface area contributed by atoms with Crippen LogP contribution in [0, 0.1) is 0 Å². The smallest absolute Gasteiger partial charge is 0.184 e. The lowest BCUT2D eigenvalue weighted by Crippen LogP contribution is -2.29. The first-order chi connectivity index (χ1) is 6.29. The quantitative estimate of drug-likeness (QED) is 0.673. The van der Waals surface area contributed by atoms with Crippen LogP contribution in [0.4, 0.5) is 0 Å². The Kier molecular flexibility index (Phi) is 2.83. The van der Waals surface area contributed by atoms with E-state index in [0.29, 0.717) is 19.3 Å². The molecule has 0 aromatic heterocycles. The predicted octanol–water partition coefficient (Wildman–Crippen LogP) is 0.254. The van der Waals surface area contributed by atoms with Crippen molar-refractivity contribution in [2.24, 2.45) is 5.73 Å². The maximum atomic E-state index is 5.65. The summed E-state index contributed by atoms with van der Waals surface area (Å²) in [5.74, 6) is 0. The first-order valence-corrected chi connectivity index (χ1v) is 4.92. The second-order valence-electron chi connectivity index (χ2n) is 3.76. The molecule has 0 radical (unpaired) electrons. The van der Waals surface area contributed by atoms with Crippen molar-refractivity contribution < 1.29 is 14.2 Å². The molecule has 2 saturated heterocycles. The minimum absolute atomic E-state index is 0.0597. The van der Waals surface area contributed by atoms with Gasteiger partial charge in [0.05, 0.1) is 18.8 Å². The summed E-state index contributed by atoms with van der Waals surface area (Å²) in [5.41, 5.74) is 5.48. The molecular weight excluding hydrogens is 170 g/mol. The summed E-state index contributed by atoms with van der Waals surface area (Å²) in [5, 5.41) is 0. The van der Waals surface area contributed by atoms with Crippen molar-refractivity contribution in [3.63, 3.8) is 0 Å². The van der Waals surface area contributed by atoms with Crippen molar-refractivity contribution in [2.45, 2.75) is 44.4 Å². The molecule has 2 aliphatic rings. The van der Waals surface area contributed by atoms with Gasteiger partial charge in [-0.2, -0.15) is 0 Å². The highest BCUT2D eigenvalue weighted by Crippen LogP contribution is 2.27. The molecule has 2 heterocycles. The van der Waals surface area contributed by atoms with E-state index in [-0.39, 0.29) is 18.5 Å². The number of nitrogens with two attached hydrogens (primary N) is 1. The molecule has 0 spiro atoms. The molecule has 0 saturated carbocycles.